The summed E-state index contributed by atoms with van der Waals surface area (Å²) in [6.07, 6.45) is 3.12. The van der Waals surface area contributed by atoms with Crippen molar-refractivity contribution in [2.45, 2.75) is 19.3 Å². The molecule has 0 saturated carbocycles. The lowest BCUT2D eigenvalue weighted by atomic mass is 9.97. The van der Waals surface area contributed by atoms with Crippen molar-refractivity contribution in [1.29, 1.82) is 0 Å². The number of ether oxygens (including phenoxy) is 1. The highest BCUT2D eigenvalue weighted by atomic mass is 16.5. The highest BCUT2D eigenvalue weighted by molar-refractivity contribution is 5.15. The van der Waals surface area contributed by atoms with E-state index in [1.165, 1.54) is 5.56 Å². The molecule has 0 N–H and O–H groups in total. The fraction of sp³-hybridized carbons (Fsp3) is 0.385. The molecular weight excluding hydrogens is 172 g/mol. The summed E-state index contributed by atoms with van der Waals surface area (Å²) in [4.78, 5) is 0. The van der Waals surface area contributed by atoms with Gasteiger partial charge in [-0.25, -0.2) is 0 Å². The van der Waals surface area contributed by atoms with Gasteiger partial charge in [0.15, 0.2) is 0 Å². The number of benzene rings is 1. The van der Waals surface area contributed by atoms with Crippen LogP contribution in [0.3, 0.4) is 0 Å². The van der Waals surface area contributed by atoms with Crippen LogP contribution in [0.2, 0.25) is 0 Å². The normalized spacial score (nSPS) is 20.9. The first kappa shape index (κ1) is 9.32. The van der Waals surface area contributed by atoms with Crippen LogP contribution in [0.4, 0.5) is 0 Å². The molecule has 0 bridgehead atoms. The quantitative estimate of drug-likeness (QED) is 0.705. The molecule has 1 fully saturated rings. The van der Waals surface area contributed by atoms with Crippen molar-refractivity contribution in [2.75, 3.05) is 6.61 Å². The number of aryl methyl sites for hydroxylation is 1. The van der Waals surface area contributed by atoms with Crippen molar-refractivity contribution >= 4 is 0 Å². The van der Waals surface area contributed by atoms with Crippen LogP contribution in [-0.4, -0.2) is 6.61 Å². The van der Waals surface area contributed by atoms with E-state index in [-0.39, 0.29) is 0 Å². The SMILES string of the molecule is [C]=C1OCCC1CCc1ccccc1. The molecule has 0 aliphatic carbocycles. The lowest BCUT2D eigenvalue weighted by molar-refractivity contribution is 0.258. The van der Waals surface area contributed by atoms with E-state index in [1.54, 1.807) is 0 Å². The Hall–Kier alpha value is -1.24. The second kappa shape index (κ2) is 4.32. The van der Waals surface area contributed by atoms with Gasteiger partial charge in [0.25, 0.3) is 0 Å². The first-order chi connectivity index (χ1) is 6.86. The van der Waals surface area contributed by atoms with Crippen molar-refractivity contribution in [1.82, 2.24) is 0 Å². The van der Waals surface area contributed by atoms with Crippen LogP contribution >= 0.6 is 0 Å². The molecule has 2 rings (SSSR count). The number of hydrogen-bond acceptors (Lipinski definition) is 1. The summed E-state index contributed by atoms with van der Waals surface area (Å²) < 4.78 is 5.14. The predicted molar refractivity (Wildman–Crippen MR) is 55.6 cm³/mol. The van der Waals surface area contributed by atoms with Gasteiger partial charge in [-0.3, -0.25) is 0 Å². The lowest BCUT2D eigenvalue weighted by Crippen LogP contribution is -1.98. The predicted octanol–water partition coefficient (Wildman–Crippen LogP) is 2.85. The van der Waals surface area contributed by atoms with Gasteiger partial charge in [0.1, 0.15) is 5.76 Å². The van der Waals surface area contributed by atoms with Gasteiger partial charge >= 0.3 is 0 Å². The summed E-state index contributed by atoms with van der Waals surface area (Å²) >= 11 is 0. The molecule has 0 amide bonds. The maximum Gasteiger partial charge on any atom is 0.108 e. The lowest BCUT2D eigenvalue weighted by Gasteiger charge is -2.07. The van der Waals surface area contributed by atoms with Crippen LogP contribution in [0.1, 0.15) is 18.4 Å². The molecule has 1 aliphatic rings. The van der Waals surface area contributed by atoms with E-state index in [0.29, 0.717) is 11.7 Å². The monoisotopic (exact) mass is 186 g/mol. The molecule has 1 saturated heterocycles. The summed E-state index contributed by atoms with van der Waals surface area (Å²) in [7, 11) is 0. The average molecular weight is 186 g/mol. The molecule has 0 spiro atoms. The van der Waals surface area contributed by atoms with Crippen LogP contribution in [0.15, 0.2) is 36.1 Å². The molecule has 1 unspecified atom stereocenters. The fourth-order valence-electron chi connectivity index (χ4n) is 1.82. The zero-order valence-electron chi connectivity index (χ0n) is 8.20. The molecule has 14 heavy (non-hydrogen) atoms. The molecule has 1 aromatic rings. The molecule has 1 aliphatic heterocycles. The number of rotatable bonds is 3. The van der Waals surface area contributed by atoms with Gasteiger partial charge in [0, 0.05) is 12.5 Å². The first-order valence-corrected chi connectivity index (χ1v) is 5.11. The van der Waals surface area contributed by atoms with Crippen molar-refractivity contribution < 1.29 is 4.74 Å². The molecule has 1 nitrogen and oxygen atoms in total. The third-order valence-corrected chi connectivity index (χ3v) is 2.72. The molecule has 2 radical (unpaired) electrons. The van der Waals surface area contributed by atoms with E-state index in [2.05, 4.69) is 24.3 Å². The maximum atomic E-state index is 7.55. The molecule has 1 atom stereocenters. The molecule has 1 heterocycles. The third kappa shape index (κ3) is 2.16. The van der Waals surface area contributed by atoms with E-state index in [4.69, 9.17) is 11.3 Å². The maximum absolute atomic E-state index is 7.55. The summed E-state index contributed by atoms with van der Waals surface area (Å²) in [6.45, 7) is 8.28. The van der Waals surface area contributed by atoms with Crippen LogP contribution in [0.25, 0.3) is 0 Å². The summed E-state index contributed by atoms with van der Waals surface area (Å²) in [5.41, 5.74) is 1.35. The zero-order chi connectivity index (χ0) is 9.80. The van der Waals surface area contributed by atoms with Crippen LogP contribution in [0.5, 0.6) is 0 Å². The standard InChI is InChI=1S/C13H14O/c1-11-13(9-10-14-11)8-7-12-5-3-2-4-6-12/h2-6,13H,7-10H2. The Labute approximate surface area is 85.4 Å². The summed E-state index contributed by atoms with van der Waals surface area (Å²) in [5, 5.41) is 0. The zero-order valence-corrected chi connectivity index (χ0v) is 8.20. The molecular formula is C13H14O. The Bertz CT molecular complexity index is 302. The molecule has 1 aromatic carbocycles. The van der Waals surface area contributed by atoms with Crippen LogP contribution in [0, 0.1) is 12.5 Å². The van der Waals surface area contributed by atoms with Gasteiger partial charge in [0.05, 0.1) is 6.61 Å². The second-order valence-electron chi connectivity index (χ2n) is 3.72. The third-order valence-electron chi connectivity index (χ3n) is 2.72. The Morgan fingerprint density at radius 2 is 2.07 bits per heavy atom. The van der Waals surface area contributed by atoms with Crippen molar-refractivity contribution in [2.24, 2.45) is 5.92 Å². The van der Waals surface area contributed by atoms with Gasteiger partial charge in [-0.15, -0.1) is 0 Å². The van der Waals surface area contributed by atoms with Crippen LogP contribution < -0.4 is 0 Å². The Kier molecular flexibility index (Phi) is 2.87. The Morgan fingerprint density at radius 3 is 2.71 bits per heavy atom. The highest BCUT2D eigenvalue weighted by Crippen LogP contribution is 2.27. The van der Waals surface area contributed by atoms with Crippen molar-refractivity contribution in [3.05, 3.63) is 48.2 Å². The second-order valence-corrected chi connectivity index (χ2v) is 3.72. The van der Waals surface area contributed by atoms with Gasteiger partial charge < -0.3 is 4.74 Å². The largest absolute Gasteiger partial charge is 0.497 e. The number of hydrogen-bond donors (Lipinski definition) is 0. The van der Waals surface area contributed by atoms with E-state index in [0.717, 1.165) is 25.9 Å². The van der Waals surface area contributed by atoms with E-state index >= 15 is 0 Å². The van der Waals surface area contributed by atoms with Gasteiger partial charge in [-0.1, -0.05) is 30.3 Å². The van der Waals surface area contributed by atoms with Gasteiger partial charge in [-0.2, -0.15) is 0 Å². The van der Waals surface area contributed by atoms with Crippen LogP contribution in [-0.2, 0) is 11.2 Å². The Morgan fingerprint density at radius 1 is 1.29 bits per heavy atom. The molecule has 72 valence electrons. The smallest absolute Gasteiger partial charge is 0.108 e. The van der Waals surface area contributed by atoms with Crippen molar-refractivity contribution in [3.8, 4) is 0 Å². The van der Waals surface area contributed by atoms with Crippen molar-refractivity contribution in [3.63, 3.8) is 0 Å². The molecule has 1 heteroatoms. The van der Waals surface area contributed by atoms with Gasteiger partial charge in [0.2, 0.25) is 0 Å². The summed E-state index contributed by atoms with van der Waals surface area (Å²) in [5.74, 6) is 0.844. The highest BCUT2D eigenvalue weighted by Gasteiger charge is 2.20. The number of allylic oxidation sites excluding steroid dienone is 1. The minimum absolute atomic E-state index is 0.357. The minimum Gasteiger partial charge on any atom is -0.497 e. The van der Waals surface area contributed by atoms with E-state index in [9.17, 15) is 0 Å². The van der Waals surface area contributed by atoms with E-state index in [1.807, 2.05) is 6.07 Å². The first-order valence-electron chi connectivity index (χ1n) is 5.11. The Balaban J connectivity index is 1.85. The average Bonchev–Trinajstić information content (AvgIpc) is 2.63. The topological polar surface area (TPSA) is 9.23 Å². The van der Waals surface area contributed by atoms with E-state index < -0.39 is 0 Å². The van der Waals surface area contributed by atoms with Gasteiger partial charge in [-0.05, 0) is 24.8 Å². The summed E-state index contributed by atoms with van der Waals surface area (Å²) in [6, 6.07) is 10.4. The minimum atomic E-state index is 0.357. The fourth-order valence-corrected chi connectivity index (χ4v) is 1.82. The molecule has 0 aromatic heterocycles.